The van der Waals surface area contributed by atoms with Gasteiger partial charge in [0.1, 0.15) is 6.10 Å². The topological polar surface area (TPSA) is 30.2 Å². The van der Waals surface area contributed by atoms with Gasteiger partial charge in [-0.1, -0.05) is 38.5 Å². The third kappa shape index (κ3) is 4.06. The summed E-state index contributed by atoms with van der Waals surface area (Å²) in [6.07, 6.45) is 3.55. The van der Waals surface area contributed by atoms with Crippen molar-refractivity contribution in [3.63, 3.8) is 0 Å². The molecular weight excluding hydrogens is 282 g/mol. The average Bonchev–Trinajstić information content (AvgIpc) is 2.70. The van der Waals surface area contributed by atoms with Crippen LogP contribution in [0.15, 0.2) is 5.51 Å². The highest BCUT2D eigenvalue weighted by molar-refractivity contribution is 7.09. The first-order valence-corrected chi connectivity index (χ1v) is 8.90. The quantitative estimate of drug-likeness (QED) is 0.627. The summed E-state index contributed by atoms with van der Waals surface area (Å²) < 4.78 is 7.85. The SMILES string of the molecule is Cc1sc[n+](CC(=O)O[C@H]2C[C@@H](C)CC[C@@H]2C(C)C)c1C. The number of carbonyl (C=O) groups excluding carboxylic acids is 1. The summed E-state index contributed by atoms with van der Waals surface area (Å²) in [5.41, 5.74) is 3.17. The molecule has 4 heteroatoms. The first kappa shape index (κ1) is 16.5. The van der Waals surface area contributed by atoms with E-state index in [9.17, 15) is 4.79 Å². The molecule has 1 aromatic heterocycles. The van der Waals surface area contributed by atoms with Gasteiger partial charge in [-0.05, 0) is 37.5 Å². The molecule has 118 valence electrons. The van der Waals surface area contributed by atoms with E-state index in [0.29, 0.717) is 24.3 Å². The number of aromatic nitrogens is 1. The van der Waals surface area contributed by atoms with Gasteiger partial charge in [-0.2, -0.15) is 4.57 Å². The van der Waals surface area contributed by atoms with Crippen LogP contribution in [0.4, 0.5) is 0 Å². The number of thiazole rings is 1. The number of carbonyl (C=O) groups is 1. The number of aryl methyl sites for hydroxylation is 1. The van der Waals surface area contributed by atoms with E-state index in [1.165, 1.54) is 17.7 Å². The molecule has 21 heavy (non-hydrogen) atoms. The summed E-state index contributed by atoms with van der Waals surface area (Å²) in [5.74, 6) is 1.66. The van der Waals surface area contributed by atoms with Crippen molar-refractivity contribution in [3.05, 3.63) is 16.1 Å². The molecule has 1 aromatic rings. The zero-order valence-corrected chi connectivity index (χ0v) is 14.7. The zero-order valence-electron chi connectivity index (χ0n) is 13.9. The fraction of sp³-hybridized carbons (Fsp3) is 0.765. The largest absolute Gasteiger partial charge is 0.457 e. The van der Waals surface area contributed by atoms with E-state index < -0.39 is 0 Å². The predicted octanol–water partition coefficient (Wildman–Crippen LogP) is 3.66. The molecule has 0 aliphatic heterocycles. The fourth-order valence-electron chi connectivity index (χ4n) is 3.26. The Morgan fingerprint density at radius 2 is 2.14 bits per heavy atom. The van der Waals surface area contributed by atoms with Crippen molar-refractivity contribution in [1.29, 1.82) is 0 Å². The Morgan fingerprint density at radius 3 is 2.71 bits per heavy atom. The molecular formula is C17H28NO2S+. The van der Waals surface area contributed by atoms with Gasteiger partial charge in [0.15, 0.2) is 5.69 Å². The molecule has 3 nitrogen and oxygen atoms in total. The van der Waals surface area contributed by atoms with Crippen molar-refractivity contribution in [2.75, 3.05) is 0 Å². The van der Waals surface area contributed by atoms with E-state index in [-0.39, 0.29) is 12.1 Å². The second-order valence-corrected chi connectivity index (χ2v) is 7.91. The van der Waals surface area contributed by atoms with Crippen LogP contribution in [0, 0.1) is 31.6 Å². The zero-order chi connectivity index (χ0) is 15.6. The lowest BCUT2D eigenvalue weighted by atomic mass is 9.75. The van der Waals surface area contributed by atoms with E-state index in [4.69, 9.17) is 4.74 Å². The molecule has 2 rings (SSSR count). The van der Waals surface area contributed by atoms with Gasteiger partial charge in [0, 0.05) is 6.92 Å². The Balaban J connectivity index is 1.98. The molecule has 0 radical (unpaired) electrons. The van der Waals surface area contributed by atoms with Crippen LogP contribution >= 0.6 is 11.3 Å². The van der Waals surface area contributed by atoms with Crippen molar-refractivity contribution in [1.82, 2.24) is 0 Å². The molecule has 1 saturated carbocycles. The van der Waals surface area contributed by atoms with Gasteiger partial charge in [0.25, 0.3) is 0 Å². The minimum atomic E-state index is -0.0920. The Hall–Kier alpha value is -0.900. The number of esters is 1. The van der Waals surface area contributed by atoms with E-state index in [1.807, 2.05) is 10.1 Å². The lowest BCUT2D eigenvalue weighted by molar-refractivity contribution is -0.687. The van der Waals surface area contributed by atoms with Gasteiger partial charge in [-0.3, -0.25) is 0 Å². The van der Waals surface area contributed by atoms with E-state index in [2.05, 4.69) is 34.6 Å². The van der Waals surface area contributed by atoms with Crippen LogP contribution in [0.5, 0.6) is 0 Å². The van der Waals surface area contributed by atoms with Crippen LogP contribution < -0.4 is 4.57 Å². The second kappa shape index (κ2) is 6.91. The number of hydrogen-bond acceptors (Lipinski definition) is 3. The molecule has 0 bridgehead atoms. The molecule has 1 heterocycles. The number of hydrogen-bond donors (Lipinski definition) is 0. The van der Waals surface area contributed by atoms with E-state index in [1.54, 1.807) is 11.3 Å². The first-order valence-electron chi connectivity index (χ1n) is 8.02. The fourth-order valence-corrected chi connectivity index (χ4v) is 4.07. The number of ether oxygens (including phenoxy) is 1. The van der Waals surface area contributed by atoms with Crippen LogP contribution in [-0.4, -0.2) is 12.1 Å². The lowest BCUT2D eigenvalue weighted by Gasteiger charge is -2.36. The summed E-state index contributed by atoms with van der Waals surface area (Å²) in [6.45, 7) is 11.2. The minimum absolute atomic E-state index is 0.0920. The van der Waals surface area contributed by atoms with Crippen LogP contribution in [-0.2, 0) is 16.1 Å². The molecule has 1 aliphatic carbocycles. The number of nitrogens with zero attached hydrogens (tertiary/aromatic N) is 1. The summed E-state index contributed by atoms with van der Waals surface area (Å²) in [7, 11) is 0. The highest BCUT2D eigenvalue weighted by atomic mass is 32.1. The van der Waals surface area contributed by atoms with Crippen molar-refractivity contribution >= 4 is 17.3 Å². The molecule has 1 fully saturated rings. The first-order chi connectivity index (χ1) is 9.88. The Morgan fingerprint density at radius 1 is 1.43 bits per heavy atom. The number of rotatable bonds is 4. The summed E-state index contributed by atoms with van der Waals surface area (Å²) in [6, 6.07) is 0. The molecule has 0 aromatic carbocycles. The third-order valence-electron chi connectivity index (χ3n) is 4.84. The van der Waals surface area contributed by atoms with Gasteiger partial charge in [-0.25, -0.2) is 4.79 Å². The normalized spacial score (nSPS) is 26.1. The van der Waals surface area contributed by atoms with Crippen LogP contribution in [0.3, 0.4) is 0 Å². The van der Waals surface area contributed by atoms with Gasteiger partial charge < -0.3 is 4.74 Å². The van der Waals surface area contributed by atoms with Crippen LogP contribution in [0.1, 0.15) is 50.6 Å². The molecule has 0 spiro atoms. The van der Waals surface area contributed by atoms with Crippen LogP contribution in [0.2, 0.25) is 0 Å². The monoisotopic (exact) mass is 310 g/mol. The minimum Gasteiger partial charge on any atom is -0.457 e. The van der Waals surface area contributed by atoms with Crippen molar-refractivity contribution in [3.8, 4) is 0 Å². The highest BCUT2D eigenvalue weighted by Gasteiger charge is 2.34. The van der Waals surface area contributed by atoms with Gasteiger partial charge in [0.05, 0.1) is 4.88 Å². The smallest absolute Gasteiger partial charge is 0.373 e. The molecule has 0 saturated heterocycles. The molecule has 0 unspecified atom stereocenters. The summed E-state index contributed by atoms with van der Waals surface area (Å²) >= 11 is 1.68. The standard InChI is InChI=1S/C17H28NO2S/c1-11(2)15-7-6-12(3)8-16(15)20-17(19)9-18-10-21-14(5)13(18)4/h10-12,15-16H,6-9H2,1-5H3/q+1/t12-,15+,16-/m0/s1. The van der Waals surface area contributed by atoms with E-state index in [0.717, 1.165) is 12.1 Å². The maximum absolute atomic E-state index is 12.3. The summed E-state index contributed by atoms with van der Waals surface area (Å²) in [4.78, 5) is 13.5. The molecule has 0 N–H and O–H groups in total. The maximum Gasteiger partial charge on any atom is 0.373 e. The predicted molar refractivity (Wildman–Crippen MR) is 85.2 cm³/mol. The Kier molecular flexibility index (Phi) is 5.42. The molecule has 0 amide bonds. The van der Waals surface area contributed by atoms with Crippen LogP contribution in [0.25, 0.3) is 0 Å². The lowest BCUT2D eigenvalue weighted by Crippen LogP contribution is -2.43. The molecule has 3 atom stereocenters. The maximum atomic E-state index is 12.3. The van der Waals surface area contributed by atoms with Crippen molar-refractivity contribution in [2.45, 2.75) is 66.5 Å². The molecule has 1 aliphatic rings. The highest BCUT2D eigenvalue weighted by Crippen LogP contribution is 2.35. The van der Waals surface area contributed by atoms with Gasteiger partial charge >= 0.3 is 5.97 Å². The van der Waals surface area contributed by atoms with Gasteiger partial charge in [0.2, 0.25) is 12.1 Å². The third-order valence-corrected chi connectivity index (χ3v) is 5.85. The Labute approximate surface area is 132 Å². The van der Waals surface area contributed by atoms with Crippen molar-refractivity contribution < 1.29 is 14.1 Å². The Bertz CT molecular complexity index is 495. The van der Waals surface area contributed by atoms with E-state index >= 15 is 0 Å². The summed E-state index contributed by atoms with van der Waals surface area (Å²) in [5, 5.41) is 0. The van der Waals surface area contributed by atoms with Crippen molar-refractivity contribution in [2.24, 2.45) is 17.8 Å². The van der Waals surface area contributed by atoms with Gasteiger partial charge in [-0.15, -0.1) is 0 Å². The second-order valence-electron chi connectivity index (χ2n) is 6.85. The average molecular weight is 310 g/mol.